The number of nitriles is 2. The van der Waals surface area contributed by atoms with Crippen molar-refractivity contribution in [1.29, 1.82) is 10.5 Å². The number of nitrogens with zero attached hydrogens (tertiary/aromatic N) is 6. The third kappa shape index (κ3) is 69.8. The van der Waals surface area contributed by atoms with Crippen molar-refractivity contribution in [2.24, 2.45) is 0 Å². The molecule has 0 spiro atoms. The zero-order valence-electron chi connectivity index (χ0n) is 29.3. The summed E-state index contributed by atoms with van der Waals surface area (Å²) in [6.07, 6.45) is 10.9. The highest BCUT2D eigenvalue weighted by molar-refractivity contribution is 9.09. The number of anilines is 2. The summed E-state index contributed by atoms with van der Waals surface area (Å²) in [6.45, 7) is 17.5. The van der Waals surface area contributed by atoms with E-state index in [1.54, 1.807) is 24.8 Å². The van der Waals surface area contributed by atoms with E-state index in [1.165, 1.54) is 9.13 Å². The van der Waals surface area contributed by atoms with Crippen LogP contribution < -0.4 is 45.3 Å². The van der Waals surface area contributed by atoms with Gasteiger partial charge in [0.2, 0.25) is 0 Å². The maximum absolute atomic E-state index is 9.67. The van der Waals surface area contributed by atoms with Gasteiger partial charge in [-0.1, -0.05) is 45.1 Å². The minimum Gasteiger partial charge on any atom is -1.00 e. The van der Waals surface area contributed by atoms with Gasteiger partial charge in [0.25, 0.3) is 0 Å². The molecular weight excluding hydrogens is 822 g/mol. The number of ether oxygens (including phenoxy) is 1. The lowest BCUT2D eigenvalue weighted by Crippen LogP contribution is -3.00. The molecule has 0 bridgehead atoms. The van der Waals surface area contributed by atoms with Crippen LogP contribution in [0.3, 0.4) is 0 Å². The molecule has 0 fully saturated rings. The van der Waals surface area contributed by atoms with E-state index in [9.17, 15) is 25.9 Å². The summed E-state index contributed by atoms with van der Waals surface area (Å²) in [5.74, 6) is 0. The molecule has 0 N–H and O–H groups in total. The Balaban J connectivity index is -0.0000000419. The largest absolute Gasteiger partial charge is 1.00 e. The summed E-state index contributed by atoms with van der Waals surface area (Å²) in [4.78, 5) is 3.98. The van der Waals surface area contributed by atoms with E-state index in [2.05, 4.69) is 41.1 Å². The van der Waals surface area contributed by atoms with Crippen molar-refractivity contribution in [3.05, 3.63) is 49.1 Å². The lowest BCUT2D eigenvalue weighted by atomic mass is 10.4. The van der Waals surface area contributed by atoms with Gasteiger partial charge in [0.05, 0.1) is 0 Å². The van der Waals surface area contributed by atoms with Crippen LogP contribution in [0.4, 0.5) is 37.3 Å². The Morgan fingerprint density at radius 2 is 0.843 bits per heavy atom. The van der Waals surface area contributed by atoms with E-state index in [1.807, 2.05) is 95.4 Å². The van der Waals surface area contributed by atoms with Gasteiger partial charge in [0.15, 0.2) is 10.5 Å². The molecule has 0 aliphatic carbocycles. The summed E-state index contributed by atoms with van der Waals surface area (Å²) >= 11 is 3.15. The molecular formula is C31H62B2Br2F8N6O2. The van der Waals surface area contributed by atoms with Crippen molar-refractivity contribution in [3.8, 4) is 12.4 Å². The van der Waals surface area contributed by atoms with E-state index in [-0.39, 0.29) is 48.7 Å². The second kappa shape index (κ2) is 59.5. The monoisotopic (exact) mass is 882 g/mol. The second-order valence-electron chi connectivity index (χ2n) is 7.94. The highest BCUT2D eigenvalue weighted by Crippen LogP contribution is 2.06. The van der Waals surface area contributed by atoms with Crippen LogP contribution in [-0.4, -0.2) is 81.6 Å². The molecule has 0 amide bonds. The Bertz CT molecular complexity index is 885. The van der Waals surface area contributed by atoms with Crippen LogP contribution in [0.25, 0.3) is 0 Å². The van der Waals surface area contributed by atoms with Crippen molar-refractivity contribution in [2.75, 3.05) is 76.4 Å². The highest BCUT2D eigenvalue weighted by Gasteiger charge is 2.07. The number of aromatic nitrogens is 2. The first-order valence-corrected chi connectivity index (χ1v) is 15.0. The first kappa shape index (κ1) is 77.7. The number of hydrogen-bond acceptors (Lipinski definition) is 5. The third-order valence-electron chi connectivity index (χ3n) is 4.52. The Labute approximate surface area is 324 Å². The van der Waals surface area contributed by atoms with Crippen LogP contribution >= 0.6 is 15.9 Å². The summed E-state index contributed by atoms with van der Waals surface area (Å²) in [5.41, 5.74) is 2.19. The highest BCUT2D eigenvalue weighted by atomic mass is 79.9. The molecule has 0 saturated carbocycles. The van der Waals surface area contributed by atoms with Crippen molar-refractivity contribution < 1.29 is 70.5 Å². The zero-order valence-corrected chi connectivity index (χ0v) is 32.5. The normalized spacial score (nSPS) is 7.45. The van der Waals surface area contributed by atoms with Gasteiger partial charge in [-0.3, -0.25) is 25.9 Å². The summed E-state index contributed by atoms with van der Waals surface area (Å²) in [7, 11) is 0.524. The number of halogens is 10. The maximum atomic E-state index is 9.67. The van der Waals surface area contributed by atoms with Gasteiger partial charge in [-0.05, 0) is 13.8 Å². The van der Waals surface area contributed by atoms with Crippen LogP contribution in [0.15, 0.2) is 49.1 Å². The molecule has 0 aromatic carbocycles. The van der Waals surface area contributed by atoms with E-state index in [0.717, 1.165) is 49.7 Å². The minimum atomic E-state index is -3.67. The van der Waals surface area contributed by atoms with Gasteiger partial charge in [-0.2, -0.15) is 0 Å². The van der Waals surface area contributed by atoms with Crippen LogP contribution in [0.2, 0.25) is 0 Å². The second-order valence-corrected chi connectivity index (χ2v) is 9.06. The summed E-state index contributed by atoms with van der Waals surface area (Å²) < 4.78 is 68.8. The Morgan fingerprint density at radius 1 is 0.647 bits per heavy atom. The minimum absolute atomic E-state index is 0. The molecule has 0 aliphatic heterocycles. The molecule has 8 nitrogen and oxygen atoms in total. The Kier molecular flexibility index (Phi) is 90.6. The molecule has 2 aromatic rings. The Hall–Kier alpha value is -2.67. The molecule has 0 aliphatic rings. The molecule has 2 heterocycles. The Morgan fingerprint density at radius 3 is 0.922 bits per heavy atom. The molecule has 2 aromatic heterocycles. The van der Waals surface area contributed by atoms with Crippen LogP contribution in [0, 0.1) is 22.9 Å². The fourth-order valence-electron chi connectivity index (χ4n) is 2.38. The fourth-order valence-corrected chi connectivity index (χ4v) is 2.38. The number of alkyl halides is 1. The van der Waals surface area contributed by atoms with Crippen molar-refractivity contribution >= 4 is 42.4 Å². The number of hydrogen-bond donors (Lipinski definition) is 0. The zero-order chi connectivity index (χ0) is 36.2. The van der Waals surface area contributed by atoms with Crippen LogP contribution in [-0.2, 0) is 9.10 Å². The van der Waals surface area contributed by atoms with Gasteiger partial charge < -0.3 is 45.3 Å². The molecule has 0 atom stereocenters. The average molecular weight is 884 g/mol. The predicted octanol–water partition coefficient (Wildman–Crippen LogP) is -0.539. The van der Waals surface area contributed by atoms with E-state index < -0.39 is 15.1 Å². The molecule has 0 unspecified atom stereocenters. The molecule has 0 saturated heterocycles. The first-order chi connectivity index (χ1) is 21.1. The first-order valence-electron chi connectivity index (χ1n) is 13.9. The molecule has 0 radical (unpaired) electrons. The maximum Gasteiger partial charge on any atom is 0.762 e. The summed E-state index contributed by atoms with van der Waals surface area (Å²) in [5, 5.41) is 18.0. The van der Waals surface area contributed by atoms with Crippen molar-refractivity contribution in [2.45, 2.75) is 63.8 Å². The van der Waals surface area contributed by atoms with Crippen molar-refractivity contribution in [3.63, 3.8) is 0 Å². The van der Waals surface area contributed by atoms with E-state index in [0.29, 0.717) is 0 Å². The van der Waals surface area contributed by atoms with Crippen LogP contribution in [0.1, 0.15) is 63.8 Å². The molecule has 2 rings (SSSR count). The summed E-state index contributed by atoms with van der Waals surface area (Å²) in [6, 6.07) is 7.57. The molecule has 51 heavy (non-hydrogen) atoms. The smallest absolute Gasteiger partial charge is 0.762 e. The average Bonchev–Trinajstić information content (AvgIpc) is 2.99. The predicted molar refractivity (Wildman–Crippen MR) is 197 cm³/mol. The van der Waals surface area contributed by atoms with E-state index >= 15 is 0 Å². The van der Waals surface area contributed by atoms with Gasteiger partial charge in [0, 0.05) is 103 Å². The van der Waals surface area contributed by atoms with Gasteiger partial charge >= 0.3 is 27.5 Å². The lowest BCUT2D eigenvalue weighted by molar-refractivity contribution is -0.586. The third-order valence-corrected chi connectivity index (χ3v) is 4.52. The van der Waals surface area contributed by atoms with Crippen LogP contribution in [0.5, 0.6) is 0 Å². The van der Waals surface area contributed by atoms with Gasteiger partial charge in [-0.25, -0.2) is 0 Å². The molecule has 20 heteroatoms. The fraction of sp³-hybridized carbons (Fsp3) is 0.613. The lowest BCUT2D eigenvalue weighted by Gasteiger charge is -2.11. The van der Waals surface area contributed by atoms with E-state index in [4.69, 9.17) is 15.3 Å². The van der Waals surface area contributed by atoms with Gasteiger partial charge in [0.1, 0.15) is 44.6 Å². The molecule has 304 valence electrons. The number of pyridine rings is 2. The van der Waals surface area contributed by atoms with Crippen molar-refractivity contribution in [1.82, 2.24) is 0 Å². The van der Waals surface area contributed by atoms with Gasteiger partial charge in [-0.15, -0.1) is 9.13 Å². The number of rotatable bonds is 7. The quantitative estimate of drug-likeness (QED) is 0.123. The standard InChI is InChI=1S/2C8H10N3.C6H15O.C4H10O.C2H5Br.3CH4.2BF3.BrH.2FH/c2*1-10(2)8-3-5-11(7-9)6-4-8;1-4-7(5-2)6-3;1-3-5-4-2;1-2-3;;;;2*2-1(3)4;;;/h2*3-6H,1-2H3;4-6H2,1-3H3;3-4H2,1-2H3;2H2,1H3;3*1H4;;;3*1H/q3*+1;;;;;;;;;;/p-3. The SMILES string of the molecule is C.C.C.CCBr.CCOCC.CC[O+](CC)CC.CN(C)c1cc[n+](C#N)cc1.CN(C)c1cc[n+](C#N)cc1.FB(F)F.FB(F)F.[Br-].[F-].[F-]. The topological polar surface area (TPSA) is 73.8 Å².